The van der Waals surface area contributed by atoms with Crippen LogP contribution in [0.3, 0.4) is 0 Å². The Morgan fingerprint density at radius 2 is 1.74 bits per heavy atom. The van der Waals surface area contributed by atoms with Gasteiger partial charge in [0.15, 0.2) is 0 Å². The number of aromatic amines is 1. The van der Waals surface area contributed by atoms with Gasteiger partial charge in [-0.15, -0.1) is 0 Å². The Hall–Kier alpha value is -3.97. The molecule has 35 heavy (non-hydrogen) atoms. The maximum atomic E-state index is 12.8. The molecular formula is C28H30N6O. The molecule has 0 saturated heterocycles. The molecule has 0 spiro atoms. The molecule has 3 N–H and O–H groups in total. The van der Waals surface area contributed by atoms with E-state index in [0.717, 1.165) is 48.4 Å². The largest absolute Gasteiger partial charge is 0.337 e. The average Bonchev–Trinajstić information content (AvgIpc) is 3.35. The number of fused-ring (bicyclic) bond motifs is 1. The molecule has 3 heterocycles. The highest BCUT2D eigenvalue weighted by molar-refractivity contribution is 5.75. The Morgan fingerprint density at radius 3 is 2.60 bits per heavy atom. The number of benzene rings is 2. The van der Waals surface area contributed by atoms with Crippen molar-refractivity contribution < 1.29 is 4.79 Å². The van der Waals surface area contributed by atoms with Gasteiger partial charge in [0.05, 0.1) is 12.2 Å². The number of nitrogens with zero attached hydrogens (tertiary/aromatic N) is 3. The maximum absolute atomic E-state index is 12.8. The fourth-order valence-electron chi connectivity index (χ4n) is 4.48. The van der Waals surface area contributed by atoms with Gasteiger partial charge in [0.1, 0.15) is 0 Å². The van der Waals surface area contributed by atoms with Crippen LogP contribution in [0.4, 0.5) is 4.79 Å². The first-order valence-corrected chi connectivity index (χ1v) is 12.1. The number of carbonyl (C=O) groups excluding carboxylic acids is 1. The van der Waals surface area contributed by atoms with Crippen LogP contribution in [0.5, 0.6) is 0 Å². The molecule has 0 aliphatic carbocycles. The van der Waals surface area contributed by atoms with Crippen molar-refractivity contribution in [2.45, 2.75) is 19.4 Å². The lowest BCUT2D eigenvalue weighted by Gasteiger charge is -2.27. The first kappa shape index (κ1) is 22.8. The summed E-state index contributed by atoms with van der Waals surface area (Å²) >= 11 is 0. The van der Waals surface area contributed by atoms with Gasteiger partial charge in [-0.1, -0.05) is 54.6 Å². The minimum atomic E-state index is -0.0325. The van der Waals surface area contributed by atoms with Crippen molar-refractivity contribution in [3.63, 3.8) is 0 Å². The second kappa shape index (κ2) is 11.0. The van der Waals surface area contributed by atoms with E-state index in [2.05, 4.69) is 74.3 Å². The summed E-state index contributed by atoms with van der Waals surface area (Å²) in [6.07, 6.45) is 5.25. The molecule has 2 amide bonds. The van der Waals surface area contributed by atoms with Crippen molar-refractivity contribution in [1.29, 1.82) is 0 Å². The molecule has 1 aliphatic rings. The van der Waals surface area contributed by atoms with Gasteiger partial charge < -0.3 is 15.5 Å². The maximum Gasteiger partial charge on any atom is 0.317 e. The van der Waals surface area contributed by atoms with Crippen LogP contribution in [0.1, 0.15) is 16.8 Å². The Morgan fingerprint density at radius 1 is 0.914 bits per heavy atom. The predicted molar refractivity (Wildman–Crippen MR) is 138 cm³/mol. The van der Waals surface area contributed by atoms with E-state index in [1.807, 2.05) is 23.1 Å². The summed E-state index contributed by atoms with van der Waals surface area (Å²) in [4.78, 5) is 18.7. The Kier molecular flexibility index (Phi) is 7.15. The molecule has 1 aliphatic heterocycles. The Labute approximate surface area is 205 Å². The molecule has 178 valence electrons. The second-order valence-corrected chi connectivity index (χ2v) is 8.74. The van der Waals surface area contributed by atoms with Gasteiger partial charge in [-0.05, 0) is 41.8 Å². The van der Waals surface area contributed by atoms with E-state index in [1.165, 1.54) is 16.7 Å². The smallest absolute Gasteiger partial charge is 0.317 e. The van der Waals surface area contributed by atoms with Crippen LogP contribution in [0.15, 0.2) is 79.1 Å². The van der Waals surface area contributed by atoms with Gasteiger partial charge in [-0.2, -0.15) is 5.10 Å². The molecule has 0 radical (unpaired) electrons. The monoisotopic (exact) mass is 466 g/mol. The molecule has 0 bridgehead atoms. The van der Waals surface area contributed by atoms with Crippen LogP contribution in [0.2, 0.25) is 0 Å². The molecule has 0 unspecified atom stereocenters. The van der Waals surface area contributed by atoms with Gasteiger partial charge in [0.25, 0.3) is 0 Å². The molecule has 0 fully saturated rings. The average molecular weight is 467 g/mol. The standard InChI is InChI=1S/C28H30N6O/c35-28(34-18-12-26-25(20-34)27(33-32-26)23-10-14-29-15-11-23)31-17-16-30-13-9-21-5-4-8-24(19-21)22-6-2-1-3-7-22/h1-8,10-11,14-15,19,30H,9,12-13,16-18,20H2,(H,31,35)(H,32,33). The SMILES string of the molecule is O=C(NCCNCCc1cccc(-c2ccccc2)c1)N1CCc2[nH]nc(-c3ccncc3)c2C1. The van der Waals surface area contributed by atoms with E-state index >= 15 is 0 Å². The third-order valence-corrected chi connectivity index (χ3v) is 6.38. The minimum absolute atomic E-state index is 0.0325. The lowest BCUT2D eigenvalue weighted by molar-refractivity contribution is 0.192. The first-order chi connectivity index (χ1) is 17.3. The zero-order valence-corrected chi connectivity index (χ0v) is 19.7. The van der Waals surface area contributed by atoms with Crippen LogP contribution in [-0.2, 0) is 19.4 Å². The number of nitrogens with one attached hydrogen (secondary N) is 3. The summed E-state index contributed by atoms with van der Waals surface area (Å²) in [5.41, 5.74) is 7.89. The van der Waals surface area contributed by atoms with Gasteiger partial charge >= 0.3 is 6.03 Å². The summed E-state index contributed by atoms with van der Waals surface area (Å²) in [5, 5.41) is 14.1. The number of pyridine rings is 1. The second-order valence-electron chi connectivity index (χ2n) is 8.74. The summed E-state index contributed by atoms with van der Waals surface area (Å²) in [7, 11) is 0. The van der Waals surface area contributed by atoms with Gasteiger partial charge in [0.2, 0.25) is 0 Å². The Balaban J connectivity index is 1.06. The molecule has 2 aromatic heterocycles. The zero-order valence-electron chi connectivity index (χ0n) is 19.7. The molecule has 0 atom stereocenters. The number of H-pyrrole nitrogens is 1. The molecule has 2 aromatic carbocycles. The molecular weight excluding hydrogens is 436 g/mol. The van der Waals surface area contributed by atoms with Crippen molar-refractivity contribution in [1.82, 2.24) is 30.7 Å². The van der Waals surface area contributed by atoms with E-state index in [1.54, 1.807) is 12.4 Å². The summed E-state index contributed by atoms with van der Waals surface area (Å²) in [5.74, 6) is 0. The topological polar surface area (TPSA) is 85.9 Å². The normalized spacial score (nSPS) is 12.9. The van der Waals surface area contributed by atoms with Gasteiger partial charge in [-0.25, -0.2) is 4.79 Å². The number of rotatable bonds is 8. The lowest BCUT2D eigenvalue weighted by atomic mass is 10.0. The summed E-state index contributed by atoms with van der Waals surface area (Å²) < 4.78 is 0. The van der Waals surface area contributed by atoms with Crippen LogP contribution < -0.4 is 10.6 Å². The molecule has 4 aromatic rings. The van der Waals surface area contributed by atoms with Crippen LogP contribution in [0.25, 0.3) is 22.4 Å². The van der Waals surface area contributed by atoms with E-state index < -0.39 is 0 Å². The third-order valence-electron chi connectivity index (χ3n) is 6.38. The van der Waals surface area contributed by atoms with Crippen molar-refractivity contribution in [2.24, 2.45) is 0 Å². The summed E-state index contributed by atoms with van der Waals surface area (Å²) in [6, 6.07) is 23.0. The lowest BCUT2D eigenvalue weighted by Crippen LogP contribution is -2.44. The van der Waals surface area contributed by atoms with Crippen LogP contribution in [-0.4, -0.2) is 52.3 Å². The van der Waals surface area contributed by atoms with E-state index in [-0.39, 0.29) is 6.03 Å². The van der Waals surface area contributed by atoms with E-state index in [0.29, 0.717) is 19.6 Å². The fraction of sp³-hybridized carbons (Fsp3) is 0.250. The minimum Gasteiger partial charge on any atom is -0.337 e. The van der Waals surface area contributed by atoms with Crippen molar-refractivity contribution in [3.05, 3.63) is 95.9 Å². The van der Waals surface area contributed by atoms with Gasteiger partial charge in [0, 0.05) is 55.3 Å². The highest BCUT2D eigenvalue weighted by atomic mass is 16.2. The molecule has 5 rings (SSSR count). The zero-order chi connectivity index (χ0) is 23.9. The number of amides is 2. The number of hydrogen-bond donors (Lipinski definition) is 3. The first-order valence-electron chi connectivity index (χ1n) is 12.1. The quantitative estimate of drug-likeness (QED) is 0.342. The number of carbonyl (C=O) groups is 1. The van der Waals surface area contributed by atoms with E-state index in [9.17, 15) is 4.79 Å². The molecule has 7 nitrogen and oxygen atoms in total. The highest BCUT2D eigenvalue weighted by Crippen LogP contribution is 2.28. The van der Waals surface area contributed by atoms with Gasteiger partial charge in [-0.3, -0.25) is 10.1 Å². The Bertz CT molecular complexity index is 1250. The van der Waals surface area contributed by atoms with Crippen LogP contribution in [0, 0.1) is 0 Å². The van der Waals surface area contributed by atoms with E-state index in [4.69, 9.17) is 0 Å². The van der Waals surface area contributed by atoms with Crippen molar-refractivity contribution >= 4 is 6.03 Å². The molecule has 7 heteroatoms. The third kappa shape index (κ3) is 5.58. The molecule has 0 saturated carbocycles. The van der Waals surface area contributed by atoms with Crippen molar-refractivity contribution in [3.8, 4) is 22.4 Å². The number of hydrogen-bond acceptors (Lipinski definition) is 4. The number of urea groups is 1. The van der Waals surface area contributed by atoms with Crippen molar-refractivity contribution in [2.75, 3.05) is 26.2 Å². The highest BCUT2D eigenvalue weighted by Gasteiger charge is 2.25. The van der Waals surface area contributed by atoms with Crippen LogP contribution >= 0.6 is 0 Å². The fourth-order valence-corrected chi connectivity index (χ4v) is 4.48. The summed E-state index contributed by atoms with van der Waals surface area (Å²) in [6.45, 7) is 3.43. The predicted octanol–water partition coefficient (Wildman–Crippen LogP) is 4.04. The number of aromatic nitrogens is 3.